The van der Waals surface area contributed by atoms with Crippen molar-refractivity contribution in [3.05, 3.63) is 46.2 Å². The van der Waals surface area contributed by atoms with Gasteiger partial charge in [0.2, 0.25) is 6.41 Å². The van der Waals surface area contributed by atoms with Gasteiger partial charge in [-0.25, -0.2) is 0 Å². The van der Waals surface area contributed by atoms with Crippen LogP contribution in [0.1, 0.15) is 55.9 Å². The van der Waals surface area contributed by atoms with Gasteiger partial charge in [-0.3, -0.25) is 19.3 Å². The Kier molecular flexibility index (Phi) is 7.14. The third kappa shape index (κ3) is 4.96. The van der Waals surface area contributed by atoms with Gasteiger partial charge in [0.05, 0.1) is 11.6 Å². The normalized spacial score (nSPS) is 23.6. The minimum Gasteiger partial charge on any atom is -0.390 e. The van der Waals surface area contributed by atoms with Crippen LogP contribution < -0.4 is 16.2 Å². The zero-order chi connectivity index (χ0) is 23.5. The number of amides is 2. The van der Waals surface area contributed by atoms with Crippen LogP contribution in [-0.2, 0) is 4.79 Å². The van der Waals surface area contributed by atoms with Crippen LogP contribution in [0.2, 0.25) is 0 Å². The number of piperidine rings is 1. The van der Waals surface area contributed by atoms with Gasteiger partial charge in [-0.05, 0) is 63.0 Å². The number of hydrogen-bond donors (Lipinski definition) is 3. The first-order valence-electron chi connectivity index (χ1n) is 11.9. The summed E-state index contributed by atoms with van der Waals surface area (Å²) in [5.41, 5.74) is 0.770. The molecule has 1 aromatic carbocycles. The maximum absolute atomic E-state index is 13.1. The van der Waals surface area contributed by atoms with Crippen LogP contribution in [0.15, 0.2) is 35.1 Å². The largest absolute Gasteiger partial charge is 0.390 e. The molecule has 178 valence electrons. The minimum atomic E-state index is -0.578. The Bertz CT molecular complexity index is 1050. The van der Waals surface area contributed by atoms with Crippen molar-refractivity contribution in [2.45, 2.75) is 63.8 Å². The third-order valence-electron chi connectivity index (χ3n) is 7.10. The summed E-state index contributed by atoms with van der Waals surface area (Å²) in [7, 11) is 0. The van der Waals surface area contributed by atoms with Crippen molar-refractivity contribution in [3.8, 4) is 0 Å². The van der Waals surface area contributed by atoms with Gasteiger partial charge < -0.3 is 20.3 Å². The molecule has 3 heterocycles. The quantitative estimate of drug-likeness (QED) is 0.500. The van der Waals surface area contributed by atoms with Crippen LogP contribution in [-0.4, -0.2) is 64.7 Å². The maximum atomic E-state index is 13.1. The molecule has 8 nitrogen and oxygen atoms in total. The number of pyridine rings is 1. The smallest absolute Gasteiger partial charge is 0.264 e. The van der Waals surface area contributed by atoms with Gasteiger partial charge >= 0.3 is 0 Å². The highest BCUT2D eigenvalue weighted by atomic mass is 16.3. The highest BCUT2D eigenvalue weighted by molar-refractivity contribution is 5.97. The van der Waals surface area contributed by atoms with Crippen molar-refractivity contribution in [2.75, 3.05) is 19.6 Å². The molecule has 4 rings (SSSR count). The number of fused-ring (bicyclic) bond motifs is 3. The molecule has 0 aliphatic carbocycles. The van der Waals surface area contributed by atoms with E-state index < -0.39 is 6.10 Å². The van der Waals surface area contributed by atoms with Gasteiger partial charge in [0, 0.05) is 37.8 Å². The Morgan fingerprint density at radius 3 is 2.58 bits per heavy atom. The lowest BCUT2D eigenvalue weighted by Gasteiger charge is -2.40. The van der Waals surface area contributed by atoms with Crippen molar-refractivity contribution in [1.29, 1.82) is 0 Å². The van der Waals surface area contributed by atoms with Crippen LogP contribution in [0.4, 0.5) is 0 Å². The first-order valence-corrected chi connectivity index (χ1v) is 11.9. The average molecular weight is 455 g/mol. The van der Waals surface area contributed by atoms with E-state index in [4.69, 9.17) is 0 Å². The lowest BCUT2D eigenvalue weighted by molar-refractivity contribution is -0.110. The van der Waals surface area contributed by atoms with Crippen LogP contribution in [0.3, 0.4) is 0 Å². The van der Waals surface area contributed by atoms with Crippen molar-refractivity contribution >= 4 is 23.2 Å². The molecular weight excluding hydrogens is 420 g/mol. The van der Waals surface area contributed by atoms with Crippen LogP contribution >= 0.6 is 0 Å². The predicted octanol–water partition coefficient (Wildman–Crippen LogP) is 1.66. The molecule has 4 atom stereocenters. The zero-order valence-corrected chi connectivity index (χ0v) is 19.4. The van der Waals surface area contributed by atoms with Gasteiger partial charge in [0.15, 0.2) is 0 Å². The second-order valence-electron chi connectivity index (χ2n) is 9.69. The Labute approximate surface area is 194 Å². The van der Waals surface area contributed by atoms with E-state index in [0.29, 0.717) is 37.5 Å². The first kappa shape index (κ1) is 23.4. The molecule has 33 heavy (non-hydrogen) atoms. The predicted molar refractivity (Wildman–Crippen MR) is 127 cm³/mol. The van der Waals surface area contributed by atoms with E-state index in [1.807, 2.05) is 38.1 Å². The van der Waals surface area contributed by atoms with E-state index in [1.54, 1.807) is 10.6 Å². The number of nitrogens with one attached hydrogen (secondary N) is 2. The molecule has 2 aromatic rings. The number of carbonyl (C=O) groups excluding carboxylic acids is 2. The van der Waals surface area contributed by atoms with Crippen LogP contribution in [0.25, 0.3) is 10.9 Å². The highest BCUT2D eigenvalue weighted by Gasteiger charge is 2.41. The lowest BCUT2D eigenvalue weighted by Crippen LogP contribution is -2.49. The van der Waals surface area contributed by atoms with Crippen molar-refractivity contribution in [3.63, 3.8) is 0 Å². The number of aromatic nitrogens is 1. The molecule has 2 amide bonds. The third-order valence-corrected chi connectivity index (χ3v) is 7.10. The fourth-order valence-corrected chi connectivity index (χ4v) is 5.64. The van der Waals surface area contributed by atoms with E-state index in [0.717, 1.165) is 36.6 Å². The fraction of sp³-hybridized carbons (Fsp3) is 0.560. The molecular formula is C25H34N4O4. The topological polar surface area (TPSA) is 104 Å². The molecule has 0 radical (unpaired) electrons. The van der Waals surface area contributed by atoms with Gasteiger partial charge in [-0.15, -0.1) is 0 Å². The monoisotopic (exact) mass is 454 g/mol. The zero-order valence-electron chi connectivity index (χ0n) is 19.4. The van der Waals surface area contributed by atoms with Crippen LogP contribution in [0, 0.1) is 5.92 Å². The number of hydrogen-bond acceptors (Lipinski definition) is 5. The molecule has 0 saturated carbocycles. The second kappa shape index (κ2) is 10.1. The standard InChI is InChI=1S/C25H34N4O4/c1-16(2)29-23-6-4-3-5-18(23)11-22(25(29)33)24(32)27-12-17-9-19-7-8-20(10-17)28(19)14-21(31)13-26-15-30/h3-6,11,15-17,19-21,31H,7-10,12-14H2,1-2H3,(H,26,30)(H,27,32)/t17?,19-,20+,21?. The molecule has 2 fully saturated rings. The molecule has 1 aromatic heterocycles. The lowest BCUT2D eigenvalue weighted by atomic mass is 9.90. The summed E-state index contributed by atoms with van der Waals surface area (Å²) in [5, 5.41) is 16.6. The van der Waals surface area contributed by atoms with E-state index in [1.165, 1.54) is 0 Å². The number of benzene rings is 1. The molecule has 2 bridgehead atoms. The number of carbonyl (C=O) groups is 2. The Hall–Kier alpha value is -2.71. The van der Waals surface area contributed by atoms with Crippen molar-refractivity contribution in [2.24, 2.45) is 5.92 Å². The molecule has 0 spiro atoms. The maximum Gasteiger partial charge on any atom is 0.264 e. The number of aliphatic hydroxyl groups excluding tert-OH is 1. The van der Waals surface area contributed by atoms with E-state index >= 15 is 0 Å². The average Bonchev–Trinajstić information content (AvgIpc) is 3.02. The van der Waals surface area contributed by atoms with Crippen molar-refractivity contribution < 1.29 is 14.7 Å². The molecule has 3 N–H and O–H groups in total. The molecule has 2 unspecified atom stereocenters. The summed E-state index contributed by atoms with van der Waals surface area (Å²) in [6, 6.07) is 10.1. The Morgan fingerprint density at radius 1 is 1.21 bits per heavy atom. The van der Waals surface area contributed by atoms with E-state index in [2.05, 4.69) is 15.5 Å². The summed E-state index contributed by atoms with van der Waals surface area (Å²) in [5.74, 6) is 0.0333. The number of rotatable bonds is 9. The van der Waals surface area contributed by atoms with Gasteiger partial charge in [-0.2, -0.15) is 0 Å². The van der Waals surface area contributed by atoms with Crippen LogP contribution in [0.5, 0.6) is 0 Å². The summed E-state index contributed by atoms with van der Waals surface area (Å²) in [6.45, 7) is 5.26. The molecule has 2 aliphatic heterocycles. The Balaban J connectivity index is 1.40. The number of nitrogens with zero attached hydrogens (tertiary/aromatic N) is 2. The Morgan fingerprint density at radius 2 is 1.91 bits per heavy atom. The summed E-state index contributed by atoms with van der Waals surface area (Å²) in [6.07, 6.45) is 4.12. The van der Waals surface area contributed by atoms with Gasteiger partial charge in [-0.1, -0.05) is 18.2 Å². The first-order chi connectivity index (χ1) is 15.9. The minimum absolute atomic E-state index is 0.0489. The number of para-hydroxylation sites is 1. The van der Waals surface area contributed by atoms with E-state index in [9.17, 15) is 19.5 Å². The summed E-state index contributed by atoms with van der Waals surface area (Å²) >= 11 is 0. The van der Waals surface area contributed by atoms with Crippen molar-refractivity contribution in [1.82, 2.24) is 20.1 Å². The second-order valence-corrected chi connectivity index (χ2v) is 9.69. The SMILES string of the molecule is CC(C)n1c(=O)c(C(=O)NCC2C[C@H]3CC[C@@H](C2)N3CC(O)CNC=O)cc2ccccc21. The summed E-state index contributed by atoms with van der Waals surface area (Å²) < 4.78 is 1.69. The fourth-order valence-electron chi connectivity index (χ4n) is 5.64. The summed E-state index contributed by atoms with van der Waals surface area (Å²) in [4.78, 5) is 38.9. The molecule has 8 heteroatoms. The van der Waals surface area contributed by atoms with E-state index in [-0.39, 0.29) is 29.6 Å². The highest BCUT2D eigenvalue weighted by Crippen LogP contribution is 2.38. The molecule has 2 saturated heterocycles. The molecule has 2 aliphatic rings. The van der Waals surface area contributed by atoms with Gasteiger partial charge in [0.1, 0.15) is 5.56 Å². The van der Waals surface area contributed by atoms with Gasteiger partial charge in [0.25, 0.3) is 11.5 Å². The number of aliphatic hydroxyl groups is 1.